The first-order valence-electron chi connectivity index (χ1n) is 9.99. The summed E-state index contributed by atoms with van der Waals surface area (Å²) in [7, 11) is 0. The number of hydrogen-bond acceptors (Lipinski definition) is 8. The second-order valence-electron chi connectivity index (χ2n) is 7.12. The molecule has 11 heteroatoms. The maximum absolute atomic E-state index is 12.6. The molecule has 2 aliphatic rings. The van der Waals surface area contributed by atoms with E-state index in [1.807, 2.05) is 30.3 Å². The number of para-hydroxylation sites is 1. The number of amides is 1. The predicted molar refractivity (Wildman–Crippen MR) is 128 cm³/mol. The molecule has 3 aromatic rings. The van der Waals surface area contributed by atoms with E-state index in [1.165, 1.54) is 35.0 Å². The molecule has 1 aromatic heterocycles. The Morgan fingerprint density at radius 3 is 2.62 bits per heavy atom. The Morgan fingerprint density at radius 1 is 1.12 bits per heavy atom. The number of ether oxygens (including phenoxy) is 1. The number of hydrazone groups is 1. The summed E-state index contributed by atoms with van der Waals surface area (Å²) in [4.78, 5) is 27.0. The summed E-state index contributed by atoms with van der Waals surface area (Å²) in [5, 5.41) is 25.8. The number of aliphatic imine (C=N–C) groups is 1. The highest BCUT2D eigenvalue weighted by molar-refractivity contribution is 8.27. The van der Waals surface area contributed by atoms with Crippen molar-refractivity contribution < 1.29 is 18.9 Å². The van der Waals surface area contributed by atoms with Crippen LogP contribution in [-0.2, 0) is 4.79 Å². The zero-order chi connectivity index (χ0) is 23.7. The van der Waals surface area contributed by atoms with Crippen molar-refractivity contribution in [2.75, 3.05) is 6.61 Å². The number of amidine groups is 2. The zero-order valence-corrected chi connectivity index (χ0v) is 18.2. The first-order valence-corrected chi connectivity index (χ1v) is 10.8. The Balaban J connectivity index is 1.33. The number of benzene rings is 2. The summed E-state index contributed by atoms with van der Waals surface area (Å²) in [6.45, 7) is 0.182. The summed E-state index contributed by atoms with van der Waals surface area (Å²) in [5.74, 6) is 0.799. The maximum Gasteiger partial charge on any atom is 0.283 e. The van der Waals surface area contributed by atoms with E-state index in [9.17, 15) is 14.9 Å². The van der Waals surface area contributed by atoms with Crippen molar-refractivity contribution >= 4 is 45.5 Å². The highest BCUT2D eigenvalue weighted by Crippen LogP contribution is 2.30. The third-order valence-corrected chi connectivity index (χ3v) is 5.76. The van der Waals surface area contributed by atoms with Crippen LogP contribution in [0.15, 0.2) is 86.8 Å². The normalized spacial score (nSPS) is 16.4. The Hall–Kier alpha value is -4.51. The molecule has 0 atom stereocenters. The van der Waals surface area contributed by atoms with Crippen molar-refractivity contribution in [1.29, 1.82) is 5.41 Å². The number of rotatable bonds is 6. The Bertz CT molecular complexity index is 1390. The lowest BCUT2D eigenvalue weighted by Gasteiger charge is -2.19. The summed E-state index contributed by atoms with van der Waals surface area (Å²) in [6.07, 6.45) is 1.43. The number of hydrogen-bond donors (Lipinski definition) is 1. The molecule has 0 fully saturated rings. The van der Waals surface area contributed by atoms with Gasteiger partial charge in [0.2, 0.25) is 5.17 Å². The van der Waals surface area contributed by atoms with Crippen molar-refractivity contribution in [2.45, 2.75) is 0 Å². The molecule has 0 spiro atoms. The van der Waals surface area contributed by atoms with Crippen molar-refractivity contribution in [2.24, 2.45) is 10.1 Å². The van der Waals surface area contributed by atoms with Crippen LogP contribution in [0.2, 0.25) is 0 Å². The highest BCUT2D eigenvalue weighted by atomic mass is 32.2. The van der Waals surface area contributed by atoms with Crippen molar-refractivity contribution in [1.82, 2.24) is 5.01 Å². The monoisotopic (exact) mass is 473 g/mol. The van der Waals surface area contributed by atoms with E-state index < -0.39 is 10.8 Å². The number of nitro benzene ring substituents is 1. The average Bonchev–Trinajstić information content (AvgIpc) is 3.48. The molecule has 2 aromatic carbocycles. The van der Waals surface area contributed by atoms with E-state index in [0.717, 1.165) is 0 Å². The molecule has 0 aliphatic carbocycles. The topological polar surface area (TPSA) is 134 Å². The van der Waals surface area contributed by atoms with Gasteiger partial charge in [0.05, 0.1) is 10.5 Å². The third kappa shape index (κ3) is 4.24. The summed E-state index contributed by atoms with van der Waals surface area (Å²) in [5.41, 5.74) is 0.650. The van der Waals surface area contributed by atoms with Gasteiger partial charge in [0.25, 0.3) is 11.6 Å². The number of furan rings is 1. The minimum atomic E-state index is -0.572. The van der Waals surface area contributed by atoms with E-state index in [-0.39, 0.29) is 23.7 Å². The minimum absolute atomic E-state index is 0.0230. The number of fused-ring (bicyclic) bond motifs is 1. The predicted octanol–water partition coefficient (Wildman–Crippen LogP) is 4.55. The fourth-order valence-electron chi connectivity index (χ4n) is 3.23. The molecule has 0 radical (unpaired) electrons. The first-order chi connectivity index (χ1) is 16.5. The number of nitro groups is 1. The van der Waals surface area contributed by atoms with Gasteiger partial charge < -0.3 is 9.15 Å². The number of carbonyl (C=O) groups excluding carboxylic acids is 1. The summed E-state index contributed by atoms with van der Waals surface area (Å²) >= 11 is 1.17. The number of nitrogens with one attached hydrogen (secondary N) is 1. The van der Waals surface area contributed by atoms with E-state index >= 15 is 0 Å². The van der Waals surface area contributed by atoms with Crippen LogP contribution in [-0.4, -0.2) is 38.5 Å². The van der Waals surface area contributed by atoms with Gasteiger partial charge in [-0.3, -0.25) is 20.3 Å². The van der Waals surface area contributed by atoms with Gasteiger partial charge in [-0.25, -0.2) is 0 Å². The van der Waals surface area contributed by atoms with Crippen LogP contribution >= 0.6 is 11.8 Å². The number of non-ortho nitro benzene ring substituents is 1. The van der Waals surface area contributed by atoms with Gasteiger partial charge in [-0.05, 0) is 54.2 Å². The first kappa shape index (κ1) is 21.3. The number of nitrogens with zero attached hydrogens (tertiary/aromatic N) is 4. The smallest absolute Gasteiger partial charge is 0.283 e. The number of carbonyl (C=O) groups is 1. The lowest BCUT2D eigenvalue weighted by atomic mass is 10.1. The Kier molecular flexibility index (Phi) is 5.52. The standard InChI is InChI=1S/C23H15N5O5S/c24-21-18(12-17-10-11-19(33-17)14-6-8-15(9-7-14)28(30)31)22(29)25-23-27(21)26-20(34-23)13-32-16-4-2-1-3-5-16/h1-12,24H,13H2. The molecule has 1 amide bonds. The highest BCUT2D eigenvalue weighted by Gasteiger charge is 2.36. The molecule has 10 nitrogen and oxygen atoms in total. The second kappa shape index (κ2) is 8.79. The van der Waals surface area contributed by atoms with E-state index in [2.05, 4.69) is 10.1 Å². The van der Waals surface area contributed by atoms with Crippen molar-refractivity contribution in [3.8, 4) is 17.1 Å². The van der Waals surface area contributed by atoms with Gasteiger partial charge in [-0.2, -0.15) is 15.1 Å². The molecule has 0 saturated carbocycles. The second-order valence-corrected chi connectivity index (χ2v) is 8.16. The Labute approximate surface area is 196 Å². The molecular weight excluding hydrogens is 458 g/mol. The third-order valence-electron chi connectivity index (χ3n) is 4.88. The Morgan fingerprint density at radius 2 is 1.88 bits per heavy atom. The van der Waals surface area contributed by atoms with Crippen molar-refractivity contribution in [3.63, 3.8) is 0 Å². The molecule has 2 aliphatic heterocycles. The van der Waals surface area contributed by atoms with E-state index in [0.29, 0.717) is 33.0 Å². The molecule has 1 N–H and O–H groups in total. The van der Waals surface area contributed by atoms with E-state index in [1.54, 1.807) is 24.3 Å². The van der Waals surface area contributed by atoms with Crippen LogP contribution in [0.3, 0.4) is 0 Å². The molecule has 5 rings (SSSR count). The van der Waals surface area contributed by atoms with Crippen LogP contribution in [0.25, 0.3) is 17.4 Å². The molecule has 0 saturated heterocycles. The molecule has 0 unspecified atom stereocenters. The van der Waals surface area contributed by atoms with Gasteiger partial charge in [-0.15, -0.1) is 0 Å². The lowest BCUT2D eigenvalue weighted by Crippen LogP contribution is -2.35. The SMILES string of the molecule is N=C1C(=Cc2ccc(-c3ccc([N+](=O)[O-])cc3)o2)C(=O)N=C2SC(COc3ccccc3)=NN12. The fraction of sp³-hybridized carbons (Fsp3) is 0.0435. The lowest BCUT2D eigenvalue weighted by molar-refractivity contribution is -0.384. The van der Waals surface area contributed by atoms with Crippen LogP contribution in [0.5, 0.6) is 5.75 Å². The average molecular weight is 473 g/mol. The van der Waals surface area contributed by atoms with Gasteiger partial charge in [0.1, 0.15) is 28.9 Å². The summed E-state index contributed by atoms with van der Waals surface area (Å²) < 4.78 is 11.5. The van der Waals surface area contributed by atoms with Gasteiger partial charge in [0.15, 0.2) is 5.84 Å². The summed E-state index contributed by atoms with van der Waals surface area (Å²) in [6, 6.07) is 18.5. The van der Waals surface area contributed by atoms with Crippen LogP contribution in [0.4, 0.5) is 5.69 Å². The molecular formula is C23H15N5O5S. The minimum Gasteiger partial charge on any atom is -0.487 e. The fourth-order valence-corrected chi connectivity index (χ4v) is 4.03. The molecule has 0 bridgehead atoms. The van der Waals surface area contributed by atoms with E-state index in [4.69, 9.17) is 14.6 Å². The maximum atomic E-state index is 12.6. The van der Waals surface area contributed by atoms with Gasteiger partial charge >= 0.3 is 0 Å². The quantitative estimate of drug-likeness (QED) is 0.315. The number of thioether (sulfide) groups is 1. The largest absolute Gasteiger partial charge is 0.487 e. The van der Waals surface area contributed by atoms with Gasteiger partial charge in [0, 0.05) is 17.7 Å². The van der Waals surface area contributed by atoms with Gasteiger partial charge in [-0.1, -0.05) is 18.2 Å². The molecule has 3 heterocycles. The molecule has 34 heavy (non-hydrogen) atoms. The van der Waals surface area contributed by atoms with Crippen LogP contribution in [0, 0.1) is 15.5 Å². The van der Waals surface area contributed by atoms with Crippen molar-refractivity contribution in [3.05, 3.63) is 88.2 Å². The zero-order valence-electron chi connectivity index (χ0n) is 17.4. The van der Waals surface area contributed by atoms with Crippen LogP contribution < -0.4 is 4.74 Å². The van der Waals surface area contributed by atoms with Crippen LogP contribution in [0.1, 0.15) is 5.76 Å². The molecule has 168 valence electrons.